The fourth-order valence-electron chi connectivity index (χ4n) is 2.14. The molecule has 5 nitrogen and oxygen atoms in total. The van der Waals surface area contributed by atoms with Crippen molar-refractivity contribution in [2.24, 2.45) is 5.92 Å². The summed E-state index contributed by atoms with van der Waals surface area (Å²) in [5.41, 5.74) is 0. The van der Waals surface area contributed by atoms with Gasteiger partial charge < -0.3 is 20.5 Å². The van der Waals surface area contributed by atoms with Crippen molar-refractivity contribution in [2.75, 3.05) is 26.7 Å². The third-order valence-corrected chi connectivity index (χ3v) is 3.43. The van der Waals surface area contributed by atoms with Crippen molar-refractivity contribution < 1.29 is 14.6 Å². The third kappa shape index (κ3) is 6.33. The summed E-state index contributed by atoms with van der Waals surface area (Å²) in [5, 5.41) is 15.1. The van der Waals surface area contributed by atoms with Crippen LogP contribution in [0.4, 0.5) is 0 Å². The first-order valence-corrected chi connectivity index (χ1v) is 6.82. The maximum Gasteiger partial charge on any atom is 0.233 e. The highest BCUT2D eigenvalue weighted by Gasteiger charge is 2.19. The van der Waals surface area contributed by atoms with Crippen LogP contribution in [0.2, 0.25) is 0 Å². The second kappa shape index (κ2) is 8.45. The van der Waals surface area contributed by atoms with E-state index in [1.807, 2.05) is 0 Å². The van der Waals surface area contributed by atoms with Crippen LogP contribution in [0.25, 0.3) is 0 Å². The van der Waals surface area contributed by atoms with Gasteiger partial charge in [0.25, 0.3) is 0 Å². The smallest absolute Gasteiger partial charge is 0.233 e. The van der Waals surface area contributed by atoms with Gasteiger partial charge in [0.1, 0.15) is 0 Å². The summed E-state index contributed by atoms with van der Waals surface area (Å²) >= 11 is 0. The van der Waals surface area contributed by atoms with E-state index >= 15 is 0 Å². The highest BCUT2D eigenvalue weighted by molar-refractivity contribution is 5.77. The van der Waals surface area contributed by atoms with Crippen molar-refractivity contribution in [3.05, 3.63) is 0 Å². The maximum absolute atomic E-state index is 10.9. The number of carbonyl (C=O) groups excluding carboxylic acids is 1. The molecule has 0 aromatic rings. The van der Waals surface area contributed by atoms with Gasteiger partial charge in [-0.2, -0.15) is 0 Å². The summed E-state index contributed by atoms with van der Waals surface area (Å²) in [4.78, 5) is 10.9. The molecule has 0 heterocycles. The Balaban J connectivity index is 2.02. The summed E-state index contributed by atoms with van der Waals surface area (Å²) in [6.45, 7) is 3.23. The predicted molar refractivity (Wildman–Crippen MR) is 70.3 cm³/mol. The van der Waals surface area contributed by atoms with E-state index in [2.05, 4.69) is 17.6 Å². The van der Waals surface area contributed by atoms with E-state index in [0.29, 0.717) is 19.3 Å². The Morgan fingerprint density at radius 1 is 1.39 bits per heavy atom. The van der Waals surface area contributed by atoms with E-state index in [0.717, 1.165) is 18.8 Å². The van der Waals surface area contributed by atoms with Crippen molar-refractivity contribution in [1.82, 2.24) is 10.6 Å². The molecular formula is C13H26N2O3. The van der Waals surface area contributed by atoms with Crippen LogP contribution in [-0.4, -0.2) is 50.0 Å². The monoisotopic (exact) mass is 258 g/mol. The number of carbonyl (C=O) groups is 1. The van der Waals surface area contributed by atoms with Crippen LogP contribution in [-0.2, 0) is 9.53 Å². The van der Waals surface area contributed by atoms with Crippen LogP contribution >= 0.6 is 0 Å². The average Bonchev–Trinajstić information content (AvgIpc) is 2.38. The summed E-state index contributed by atoms with van der Waals surface area (Å²) in [7, 11) is 1.59. The largest absolute Gasteiger partial charge is 0.389 e. The highest BCUT2D eigenvalue weighted by Crippen LogP contribution is 2.25. The first kappa shape index (κ1) is 15.4. The number of nitrogens with one attached hydrogen (secondary N) is 2. The number of amides is 1. The minimum absolute atomic E-state index is 0.0793. The van der Waals surface area contributed by atoms with E-state index in [-0.39, 0.29) is 12.5 Å². The molecule has 1 aliphatic rings. The molecule has 1 aliphatic carbocycles. The van der Waals surface area contributed by atoms with Gasteiger partial charge in [-0.15, -0.1) is 0 Å². The summed E-state index contributed by atoms with van der Waals surface area (Å²) < 4.78 is 5.69. The zero-order valence-corrected chi connectivity index (χ0v) is 11.4. The topological polar surface area (TPSA) is 70.6 Å². The Bertz CT molecular complexity index is 240. The van der Waals surface area contributed by atoms with Gasteiger partial charge in [0, 0.05) is 13.6 Å². The number of hydrogen-bond donors (Lipinski definition) is 3. The lowest BCUT2D eigenvalue weighted by molar-refractivity contribution is -0.119. The van der Waals surface area contributed by atoms with Gasteiger partial charge in [-0.1, -0.05) is 6.92 Å². The number of aliphatic hydroxyl groups is 1. The number of hydrogen-bond acceptors (Lipinski definition) is 4. The maximum atomic E-state index is 10.9. The zero-order valence-electron chi connectivity index (χ0n) is 11.4. The molecule has 0 saturated heterocycles. The van der Waals surface area contributed by atoms with Gasteiger partial charge in [-0.25, -0.2) is 0 Å². The molecule has 1 unspecified atom stereocenters. The van der Waals surface area contributed by atoms with E-state index in [9.17, 15) is 9.90 Å². The van der Waals surface area contributed by atoms with Crippen molar-refractivity contribution in [1.29, 1.82) is 0 Å². The molecule has 0 spiro atoms. The number of rotatable bonds is 7. The molecule has 1 saturated carbocycles. The van der Waals surface area contributed by atoms with Crippen LogP contribution in [0.1, 0.15) is 32.6 Å². The summed E-state index contributed by atoms with van der Waals surface area (Å²) in [6.07, 6.45) is 4.38. The molecular weight excluding hydrogens is 232 g/mol. The lowest BCUT2D eigenvalue weighted by atomic mass is 9.89. The lowest BCUT2D eigenvalue weighted by Gasteiger charge is -2.27. The molecule has 0 aliphatic heterocycles. The van der Waals surface area contributed by atoms with Gasteiger partial charge >= 0.3 is 0 Å². The van der Waals surface area contributed by atoms with Crippen molar-refractivity contribution in [3.63, 3.8) is 0 Å². The molecule has 1 amide bonds. The Labute approximate surface area is 109 Å². The second-order valence-electron chi connectivity index (χ2n) is 5.17. The zero-order chi connectivity index (χ0) is 13.4. The van der Waals surface area contributed by atoms with Crippen molar-refractivity contribution in [2.45, 2.75) is 44.8 Å². The summed E-state index contributed by atoms with van der Waals surface area (Å²) in [6, 6.07) is 0. The third-order valence-electron chi connectivity index (χ3n) is 3.43. The molecule has 1 rings (SSSR count). The van der Waals surface area contributed by atoms with E-state index in [4.69, 9.17) is 4.74 Å². The molecule has 0 bridgehead atoms. The van der Waals surface area contributed by atoms with E-state index in [1.165, 1.54) is 12.8 Å². The van der Waals surface area contributed by atoms with Crippen molar-refractivity contribution >= 4 is 5.91 Å². The number of aliphatic hydroxyl groups excluding tert-OH is 1. The minimum atomic E-state index is -0.547. The molecule has 5 heteroatoms. The van der Waals surface area contributed by atoms with Crippen molar-refractivity contribution in [3.8, 4) is 0 Å². The average molecular weight is 258 g/mol. The second-order valence-corrected chi connectivity index (χ2v) is 5.17. The molecule has 18 heavy (non-hydrogen) atoms. The summed E-state index contributed by atoms with van der Waals surface area (Å²) in [5.74, 6) is 0.730. The van der Waals surface area contributed by atoms with Gasteiger partial charge in [0.2, 0.25) is 5.91 Å². The van der Waals surface area contributed by atoms with Gasteiger partial charge in [-0.05, 0) is 31.6 Å². The van der Waals surface area contributed by atoms with Crippen LogP contribution in [0.3, 0.4) is 0 Å². The van der Waals surface area contributed by atoms with Crippen LogP contribution in [0, 0.1) is 5.92 Å². The fourth-order valence-corrected chi connectivity index (χ4v) is 2.14. The Kier molecular flexibility index (Phi) is 7.23. The van der Waals surface area contributed by atoms with Crippen LogP contribution in [0.15, 0.2) is 0 Å². The molecule has 0 radical (unpaired) electrons. The Hall–Kier alpha value is -0.650. The standard InChI is InChI=1S/C13H26N2O3/c1-10-3-5-12(6-4-10)18-9-11(16)7-15-8-13(17)14-2/h10-12,15-16H,3-9H2,1-2H3,(H,14,17). The molecule has 1 fully saturated rings. The normalized spacial score (nSPS) is 25.7. The van der Waals surface area contributed by atoms with Crippen LogP contribution in [0.5, 0.6) is 0 Å². The van der Waals surface area contributed by atoms with Crippen LogP contribution < -0.4 is 10.6 Å². The molecule has 106 valence electrons. The van der Waals surface area contributed by atoms with Gasteiger partial charge in [-0.3, -0.25) is 4.79 Å². The fraction of sp³-hybridized carbons (Fsp3) is 0.923. The van der Waals surface area contributed by atoms with E-state index < -0.39 is 6.10 Å². The molecule has 3 N–H and O–H groups in total. The number of ether oxygens (including phenoxy) is 1. The first-order valence-electron chi connectivity index (χ1n) is 6.82. The highest BCUT2D eigenvalue weighted by atomic mass is 16.5. The first-order chi connectivity index (χ1) is 8.61. The van der Waals surface area contributed by atoms with Gasteiger partial charge in [0.05, 0.1) is 25.4 Å². The lowest BCUT2D eigenvalue weighted by Crippen LogP contribution is -2.38. The minimum Gasteiger partial charge on any atom is -0.389 e. The molecule has 0 aromatic heterocycles. The number of likely N-dealkylation sites (N-methyl/N-ethyl adjacent to an activating group) is 1. The van der Waals surface area contributed by atoms with E-state index in [1.54, 1.807) is 7.05 Å². The molecule has 1 atom stereocenters. The van der Waals surface area contributed by atoms with Gasteiger partial charge in [0.15, 0.2) is 0 Å². The SMILES string of the molecule is CNC(=O)CNCC(O)COC1CCC(C)CC1. The molecule has 0 aromatic carbocycles. The quantitative estimate of drug-likeness (QED) is 0.613. The Morgan fingerprint density at radius 3 is 2.67 bits per heavy atom. The Morgan fingerprint density at radius 2 is 2.06 bits per heavy atom. The predicted octanol–water partition coefficient (Wildman–Crippen LogP) is 0.278.